The SMILES string of the molecule is N[C@H]1CC[C@H](Nc2ncc3c(-c4cnc5nccn5c4)ccn3n2)CC1. The zero-order chi connectivity index (χ0) is 17.5. The molecule has 26 heavy (non-hydrogen) atoms. The Balaban J connectivity index is 1.44. The molecule has 132 valence electrons. The predicted octanol–water partition coefficient (Wildman–Crippen LogP) is 2.12. The third kappa shape index (κ3) is 2.68. The quantitative estimate of drug-likeness (QED) is 0.588. The lowest BCUT2D eigenvalue weighted by Crippen LogP contribution is -2.33. The summed E-state index contributed by atoms with van der Waals surface area (Å²) in [6.07, 6.45) is 15.5. The molecular formula is C18H20N8. The van der Waals surface area contributed by atoms with Crippen LogP contribution in [0.3, 0.4) is 0 Å². The minimum absolute atomic E-state index is 0.338. The largest absolute Gasteiger partial charge is 0.350 e. The number of rotatable bonds is 3. The topological polar surface area (TPSA) is 98.4 Å². The fourth-order valence-corrected chi connectivity index (χ4v) is 3.61. The Morgan fingerprint density at radius 3 is 2.81 bits per heavy atom. The third-order valence-corrected chi connectivity index (χ3v) is 5.08. The third-order valence-electron chi connectivity index (χ3n) is 5.08. The highest BCUT2D eigenvalue weighted by molar-refractivity contribution is 5.79. The first kappa shape index (κ1) is 15.3. The molecule has 3 N–H and O–H groups in total. The van der Waals surface area contributed by atoms with Crippen LogP contribution in [0, 0.1) is 0 Å². The van der Waals surface area contributed by atoms with Gasteiger partial charge in [-0.2, -0.15) is 0 Å². The Labute approximate surface area is 150 Å². The van der Waals surface area contributed by atoms with E-state index in [4.69, 9.17) is 5.73 Å². The highest BCUT2D eigenvalue weighted by Crippen LogP contribution is 2.25. The Hall–Kier alpha value is -3.00. The molecule has 8 heteroatoms. The fraction of sp³-hybridized carbons (Fsp3) is 0.333. The maximum absolute atomic E-state index is 5.98. The number of hydrogen-bond donors (Lipinski definition) is 2. The van der Waals surface area contributed by atoms with Gasteiger partial charge in [-0.1, -0.05) is 0 Å². The number of imidazole rings is 1. The lowest BCUT2D eigenvalue weighted by atomic mass is 9.92. The van der Waals surface area contributed by atoms with Crippen LogP contribution < -0.4 is 11.1 Å². The molecule has 0 atom stereocenters. The van der Waals surface area contributed by atoms with Crippen LogP contribution in [0.1, 0.15) is 25.7 Å². The smallest absolute Gasteiger partial charge is 0.241 e. The number of anilines is 1. The van der Waals surface area contributed by atoms with Crippen molar-refractivity contribution in [2.75, 3.05) is 5.32 Å². The Morgan fingerprint density at radius 1 is 1.04 bits per heavy atom. The van der Waals surface area contributed by atoms with Gasteiger partial charge in [-0.05, 0) is 31.7 Å². The first-order valence-corrected chi connectivity index (χ1v) is 8.92. The van der Waals surface area contributed by atoms with Gasteiger partial charge in [0.25, 0.3) is 0 Å². The van der Waals surface area contributed by atoms with Gasteiger partial charge >= 0.3 is 0 Å². The van der Waals surface area contributed by atoms with Crippen LogP contribution in [0.15, 0.2) is 43.2 Å². The number of hydrogen-bond acceptors (Lipinski definition) is 6. The van der Waals surface area contributed by atoms with Crippen molar-refractivity contribution in [2.24, 2.45) is 5.73 Å². The molecule has 0 bridgehead atoms. The molecule has 5 rings (SSSR count). The second-order valence-corrected chi connectivity index (χ2v) is 6.87. The number of aromatic nitrogens is 6. The maximum Gasteiger partial charge on any atom is 0.241 e. The molecular weight excluding hydrogens is 328 g/mol. The van der Waals surface area contributed by atoms with Crippen molar-refractivity contribution in [2.45, 2.75) is 37.8 Å². The highest BCUT2D eigenvalue weighted by atomic mass is 15.3. The molecule has 4 heterocycles. The van der Waals surface area contributed by atoms with E-state index in [1.807, 2.05) is 46.0 Å². The average Bonchev–Trinajstić information content (AvgIpc) is 3.29. The summed E-state index contributed by atoms with van der Waals surface area (Å²) in [6, 6.07) is 2.77. The van der Waals surface area contributed by atoms with E-state index in [0.717, 1.165) is 42.3 Å². The normalized spacial score (nSPS) is 20.7. The second kappa shape index (κ2) is 6.06. The van der Waals surface area contributed by atoms with Gasteiger partial charge in [-0.15, -0.1) is 5.10 Å². The first-order valence-electron chi connectivity index (χ1n) is 8.92. The minimum Gasteiger partial charge on any atom is -0.350 e. The van der Waals surface area contributed by atoms with E-state index in [0.29, 0.717) is 23.8 Å². The molecule has 0 aliphatic heterocycles. The van der Waals surface area contributed by atoms with Crippen molar-refractivity contribution in [1.29, 1.82) is 0 Å². The van der Waals surface area contributed by atoms with Crippen molar-refractivity contribution in [3.63, 3.8) is 0 Å². The molecule has 0 radical (unpaired) electrons. The van der Waals surface area contributed by atoms with E-state index in [9.17, 15) is 0 Å². The van der Waals surface area contributed by atoms with E-state index in [2.05, 4.69) is 25.4 Å². The molecule has 1 fully saturated rings. The van der Waals surface area contributed by atoms with E-state index < -0.39 is 0 Å². The van der Waals surface area contributed by atoms with Crippen molar-refractivity contribution >= 4 is 17.2 Å². The standard InChI is InChI=1S/C18H20N8/c19-13-1-3-14(4-2-13)23-17-21-10-16-15(5-7-26(16)24-17)12-9-22-18-20-6-8-25(18)11-12/h5-11,13-14H,1-4,19H2,(H,23,24)/t13-,14-. The Morgan fingerprint density at radius 2 is 1.92 bits per heavy atom. The van der Waals surface area contributed by atoms with E-state index in [1.54, 1.807) is 6.20 Å². The summed E-state index contributed by atoms with van der Waals surface area (Å²) < 4.78 is 3.76. The summed E-state index contributed by atoms with van der Waals surface area (Å²) >= 11 is 0. The Kier molecular flexibility index (Phi) is 3.56. The van der Waals surface area contributed by atoms with Crippen LogP contribution in [-0.2, 0) is 0 Å². The summed E-state index contributed by atoms with van der Waals surface area (Å²) in [5.41, 5.74) is 8.97. The molecule has 0 saturated heterocycles. The van der Waals surface area contributed by atoms with Crippen LogP contribution in [0.4, 0.5) is 5.95 Å². The molecule has 1 saturated carbocycles. The van der Waals surface area contributed by atoms with Gasteiger partial charge in [0, 0.05) is 54.2 Å². The molecule has 8 nitrogen and oxygen atoms in total. The van der Waals surface area contributed by atoms with E-state index in [1.165, 1.54) is 0 Å². The van der Waals surface area contributed by atoms with Crippen molar-refractivity contribution in [1.82, 2.24) is 29.0 Å². The molecule has 1 aliphatic carbocycles. The van der Waals surface area contributed by atoms with Crippen LogP contribution in [0.25, 0.3) is 22.4 Å². The maximum atomic E-state index is 5.98. The fourth-order valence-electron chi connectivity index (χ4n) is 3.61. The van der Waals surface area contributed by atoms with Gasteiger partial charge in [-0.25, -0.2) is 19.5 Å². The summed E-state index contributed by atoms with van der Waals surface area (Å²) in [5.74, 6) is 1.34. The van der Waals surface area contributed by atoms with Gasteiger partial charge in [0.05, 0.1) is 11.7 Å². The summed E-state index contributed by atoms with van der Waals surface area (Å²) in [6.45, 7) is 0. The van der Waals surface area contributed by atoms with E-state index in [-0.39, 0.29) is 0 Å². The molecule has 1 aliphatic rings. The average molecular weight is 348 g/mol. The summed E-state index contributed by atoms with van der Waals surface area (Å²) in [7, 11) is 0. The number of nitrogens with one attached hydrogen (secondary N) is 1. The van der Waals surface area contributed by atoms with Gasteiger partial charge in [0.2, 0.25) is 11.7 Å². The molecule has 0 spiro atoms. The molecule has 0 amide bonds. The van der Waals surface area contributed by atoms with Gasteiger partial charge in [-0.3, -0.25) is 4.40 Å². The molecule has 4 aromatic heterocycles. The van der Waals surface area contributed by atoms with Gasteiger partial charge in [0.1, 0.15) is 0 Å². The number of nitrogens with zero attached hydrogens (tertiary/aromatic N) is 6. The molecule has 4 aromatic rings. The predicted molar refractivity (Wildman–Crippen MR) is 98.8 cm³/mol. The van der Waals surface area contributed by atoms with Crippen LogP contribution in [0.2, 0.25) is 0 Å². The Bertz CT molecular complexity index is 1060. The summed E-state index contributed by atoms with van der Waals surface area (Å²) in [4.78, 5) is 13.1. The van der Waals surface area contributed by atoms with Crippen LogP contribution >= 0.6 is 0 Å². The van der Waals surface area contributed by atoms with Crippen molar-refractivity contribution in [3.05, 3.63) is 43.2 Å². The van der Waals surface area contributed by atoms with Gasteiger partial charge < -0.3 is 11.1 Å². The number of nitrogens with two attached hydrogens (primary N) is 1. The first-order chi connectivity index (χ1) is 12.8. The van der Waals surface area contributed by atoms with Crippen LogP contribution in [0.5, 0.6) is 0 Å². The van der Waals surface area contributed by atoms with Crippen molar-refractivity contribution in [3.8, 4) is 11.1 Å². The second-order valence-electron chi connectivity index (χ2n) is 6.87. The summed E-state index contributed by atoms with van der Waals surface area (Å²) in [5, 5.41) is 8.05. The van der Waals surface area contributed by atoms with Crippen LogP contribution in [-0.4, -0.2) is 41.1 Å². The lowest BCUT2D eigenvalue weighted by molar-refractivity contribution is 0.409. The molecule has 0 unspecified atom stereocenters. The minimum atomic E-state index is 0.338. The van der Waals surface area contributed by atoms with Gasteiger partial charge in [0.15, 0.2) is 0 Å². The zero-order valence-corrected chi connectivity index (χ0v) is 14.3. The van der Waals surface area contributed by atoms with Crippen molar-refractivity contribution < 1.29 is 0 Å². The highest BCUT2D eigenvalue weighted by Gasteiger charge is 2.19. The van der Waals surface area contributed by atoms with E-state index >= 15 is 0 Å². The molecule has 0 aromatic carbocycles. The lowest BCUT2D eigenvalue weighted by Gasteiger charge is -2.26. The zero-order valence-electron chi connectivity index (χ0n) is 14.3. The number of fused-ring (bicyclic) bond motifs is 2. The monoisotopic (exact) mass is 348 g/mol.